The van der Waals surface area contributed by atoms with E-state index < -0.39 is 11.9 Å². The van der Waals surface area contributed by atoms with Crippen LogP contribution in [0.3, 0.4) is 0 Å². The van der Waals surface area contributed by atoms with Gasteiger partial charge in [0.05, 0.1) is 50.1 Å². The summed E-state index contributed by atoms with van der Waals surface area (Å²) in [5, 5.41) is 22.5. The molecule has 0 spiro atoms. The van der Waals surface area contributed by atoms with E-state index >= 15 is 0 Å². The summed E-state index contributed by atoms with van der Waals surface area (Å²) < 4.78 is 8.37. The maximum absolute atomic E-state index is 12.4. The van der Waals surface area contributed by atoms with Crippen LogP contribution in [0.15, 0.2) is 103 Å². The van der Waals surface area contributed by atoms with Crippen LogP contribution in [0.25, 0.3) is 34.7 Å². The van der Waals surface area contributed by atoms with Crippen molar-refractivity contribution in [2.75, 3.05) is 12.0 Å². The standard InChI is InChI=1S/C22H19Cl3N2O2.C20H15Cl3N2O2.C6H6Cl2N2.Li.H2O/c1-4-29-22(28)20-14(3)21(13(2)11-15-5-7-16(23)8-6-15)27(26-20)19-10-9-17(24)12-18(19)25;1-11(9-13-3-5-14(21)6-4-13)19-12(2)18(20(26)27)24-25(19)17-8-7-15(22)10-16(17)23;7-4-1-2-6(10-9)5(8)3-4;;/h5-12H,4H2,1-3H3;3-10H,1-2H3,(H,26,27);1-3,10H,9H2;;1H2/q;;;+1;/p-1/b13-11+;11-9+;;;. The van der Waals surface area contributed by atoms with E-state index in [2.05, 4.69) is 15.6 Å². The van der Waals surface area contributed by atoms with E-state index in [-0.39, 0.29) is 42.3 Å². The van der Waals surface area contributed by atoms with E-state index in [1.807, 2.05) is 69.3 Å². The number of carboxylic acids is 1. The summed E-state index contributed by atoms with van der Waals surface area (Å²) in [6, 6.07) is 30.0. The molecule has 11 nitrogen and oxygen atoms in total. The van der Waals surface area contributed by atoms with Gasteiger partial charge in [-0.1, -0.05) is 117 Å². The average Bonchev–Trinajstić information content (AvgIpc) is 3.79. The fraction of sp³-hybridized carbons (Fsp3) is 0.125. The van der Waals surface area contributed by atoms with Crippen LogP contribution in [-0.2, 0) is 4.74 Å². The number of anilines is 1. The van der Waals surface area contributed by atoms with Gasteiger partial charge in [-0.15, -0.1) is 0 Å². The molecule has 0 radical (unpaired) electrons. The van der Waals surface area contributed by atoms with E-state index in [9.17, 15) is 14.7 Å². The van der Waals surface area contributed by atoms with Crippen molar-refractivity contribution < 1.29 is 43.8 Å². The Kier molecular flexibility index (Phi) is 22.6. The van der Waals surface area contributed by atoms with Crippen LogP contribution in [-0.4, -0.2) is 48.7 Å². The molecule has 7 rings (SSSR count). The van der Waals surface area contributed by atoms with Gasteiger partial charge in [-0.3, -0.25) is 5.84 Å². The number of hydrogen-bond donors (Lipinski definition) is 3. The third kappa shape index (κ3) is 14.8. The Morgan fingerprint density at radius 2 is 0.985 bits per heavy atom. The molecule has 5 N–H and O–H groups in total. The number of allylic oxidation sites excluding steroid dienone is 2. The molecule has 5 aromatic carbocycles. The molecule has 0 amide bonds. The Labute approximate surface area is 445 Å². The van der Waals surface area contributed by atoms with Crippen molar-refractivity contribution in [3.63, 3.8) is 0 Å². The molecule has 0 aliphatic rings. The van der Waals surface area contributed by atoms with Crippen LogP contribution < -0.4 is 30.1 Å². The molecule has 0 aliphatic heterocycles. The Morgan fingerprint density at radius 3 is 1.35 bits per heavy atom. The summed E-state index contributed by atoms with van der Waals surface area (Å²) >= 11 is 48.0. The first-order valence-corrected chi connectivity index (χ1v) is 22.7. The average molecular weight is 1070 g/mol. The van der Waals surface area contributed by atoms with E-state index in [4.69, 9.17) is 103 Å². The molecule has 0 fully saturated rings. The molecule has 2 aromatic heterocycles. The smallest absolute Gasteiger partial charge is 0.870 e. The quantitative estimate of drug-likeness (QED) is 0.0523. The van der Waals surface area contributed by atoms with Crippen molar-refractivity contribution in [1.29, 1.82) is 0 Å². The number of carboxylic acid groups (broad SMARTS) is 1. The first-order chi connectivity index (χ1) is 31.3. The molecular formula is C48H41Cl8LiN6O5. The number of aromatic carboxylic acids is 1. The maximum atomic E-state index is 12.4. The van der Waals surface area contributed by atoms with Gasteiger partial charge in [-0.05, 0) is 148 Å². The zero-order valence-electron chi connectivity index (χ0n) is 37.2. The summed E-state index contributed by atoms with van der Waals surface area (Å²) in [6.45, 7) is 9.44. The van der Waals surface area contributed by atoms with Crippen LogP contribution in [0.1, 0.15) is 75.4 Å². The van der Waals surface area contributed by atoms with Crippen molar-refractivity contribution >= 4 is 134 Å². The number of nitrogens with two attached hydrogens (primary N) is 1. The van der Waals surface area contributed by atoms with Crippen LogP contribution in [0.4, 0.5) is 5.69 Å². The number of nitrogen functional groups attached to an aromatic ring is 1. The minimum atomic E-state index is -1.10. The number of aromatic nitrogens is 4. The molecule has 0 saturated carbocycles. The number of carbonyl (C=O) groups is 2. The normalized spacial score (nSPS) is 11.0. The summed E-state index contributed by atoms with van der Waals surface area (Å²) in [5.74, 6) is 3.55. The van der Waals surface area contributed by atoms with Gasteiger partial charge in [0, 0.05) is 36.2 Å². The first kappa shape index (κ1) is 57.9. The number of esters is 1. The molecule has 0 atom stereocenters. The van der Waals surface area contributed by atoms with E-state index in [0.29, 0.717) is 74.1 Å². The molecule has 350 valence electrons. The van der Waals surface area contributed by atoms with Gasteiger partial charge in [0.2, 0.25) is 0 Å². The first-order valence-electron chi connectivity index (χ1n) is 19.6. The van der Waals surface area contributed by atoms with Gasteiger partial charge in [0.15, 0.2) is 11.4 Å². The van der Waals surface area contributed by atoms with Crippen LogP contribution >= 0.6 is 92.8 Å². The summed E-state index contributed by atoms with van der Waals surface area (Å²) in [5.41, 5.74) is 10.8. The maximum Gasteiger partial charge on any atom is 1.00 e. The Morgan fingerprint density at radius 1 is 0.618 bits per heavy atom. The van der Waals surface area contributed by atoms with Crippen LogP contribution in [0, 0.1) is 13.8 Å². The largest absolute Gasteiger partial charge is 1.00 e. The number of halogens is 8. The molecule has 7 aromatic rings. The zero-order chi connectivity index (χ0) is 48.4. The van der Waals surface area contributed by atoms with Crippen molar-refractivity contribution in [2.45, 2.75) is 34.6 Å². The molecule has 0 bridgehead atoms. The van der Waals surface area contributed by atoms with E-state index in [0.717, 1.165) is 28.0 Å². The van der Waals surface area contributed by atoms with E-state index in [1.54, 1.807) is 89.9 Å². The molecule has 20 heteroatoms. The predicted molar refractivity (Wildman–Crippen MR) is 276 cm³/mol. The molecule has 68 heavy (non-hydrogen) atoms. The minimum absolute atomic E-state index is 0. The number of carbonyl (C=O) groups excluding carboxylic acids is 1. The fourth-order valence-corrected chi connectivity index (χ4v) is 8.22. The number of nitrogens with zero attached hydrogens (tertiary/aromatic N) is 4. The molecule has 2 heterocycles. The fourth-order valence-electron chi connectivity index (χ4n) is 6.53. The predicted octanol–water partition coefficient (Wildman–Crippen LogP) is 12.4. The molecule has 0 aliphatic carbocycles. The molecule has 0 unspecified atom stereocenters. The summed E-state index contributed by atoms with van der Waals surface area (Å²) in [7, 11) is 0. The third-order valence-corrected chi connectivity index (χ3v) is 11.7. The zero-order valence-corrected chi connectivity index (χ0v) is 43.2. The van der Waals surface area contributed by atoms with Gasteiger partial charge in [-0.2, -0.15) is 10.2 Å². The van der Waals surface area contributed by atoms with Crippen molar-refractivity contribution in [3.05, 3.63) is 188 Å². The summed E-state index contributed by atoms with van der Waals surface area (Å²) in [6.07, 6.45) is 3.93. The van der Waals surface area contributed by atoms with Gasteiger partial charge in [0.1, 0.15) is 0 Å². The second-order valence-electron chi connectivity index (χ2n) is 14.2. The Balaban J connectivity index is 0.000000293. The van der Waals surface area contributed by atoms with Gasteiger partial charge >= 0.3 is 30.8 Å². The topological polar surface area (TPSA) is 167 Å². The number of hydrogen-bond acceptors (Lipinski definition) is 8. The summed E-state index contributed by atoms with van der Waals surface area (Å²) in [4.78, 5) is 24.0. The Hall–Kier alpha value is -4.42. The van der Waals surface area contributed by atoms with Crippen LogP contribution in [0.2, 0.25) is 40.2 Å². The van der Waals surface area contributed by atoms with Gasteiger partial charge < -0.3 is 20.7 Å². The van der Waals surface area contributed by atoms with E-state index in [1.165, 1.54) is 0 Å². The number of ether oxygens (including phenoxy) is 1. The molecule has 0 saturated heterocycles. The number of nitrogens with one attached hydrogen (secondary N) is 1. The number of benzene rings is 5. The van der Waals surface area contributed by atoms with Crippen molar-refractivity contribution in [1.82, 2.24) is 19.6 Å². The number of rotatable bonds is 10. The van der Waals surface area contributed by atoms with Crippen LogP contribution in [0.5, 0.6) is 0 Å². The van der Waals surface area contributed by atoms with Crippen molar-refractivity contribution in [2.24, 2.45) is 5.84 Å². The number of hydrazine groups is 1. The SMILES string of the molecule is C/C(=C\c1ccc(Cl)cc1)c1c(C)c(C(=O)O)nn1-c1ccc(Cl)cc1Cl.CCOC(=O)c1nn(-c2ccc(Cl)cc2Cl)c(/C(C)=C/c2ccc(Cl)cc2)c1C.NNc1ccc(Cl)cc1Cl.[Li+].[OH-]. The second-order valence-corrected chi connectivity index (χ2v) is 17.6. The minimum Gasteiger partial charge on any atom is -0.870 e. The van der Waals surface area contributed by atoms with Gasteiger partial charge in [-0.25, -0.2) is 19.0 Å². The molecular weight excluding hydrogens is 1030 g/mol. The second kappa shape index (κ2) is 26.5. The van der Waals surface area contributed by atoms with Gasteiger partial charge in [0.25, 0.3) is 0 Å². The van der Waals surface area contributed by atoms with Crippen molar-refractivity contribution in [3.8, 4) is 11.4 Å². The Bertz CT molecular complexity index is 2960. The third-order valence-electron chi connectivity index (χ3n) is 9.53. The monoisotopic (exact) mass is 1070 g/mol.